The number of imidazole rings is 1. The summed E-state index contributed by atoms with van der Waals surface area (Å²) in [7, 11) is 3.60. The van der Waals surface area contributed by atoms with Gasteiger partial charge < -0.3 is 5.11 Å². The van der Waals surface area contributed by atoms with Crippen LogP contribution >= 0.6 is 0 Å². The number of hydrogen-bond donors (Lipinski definition) is 1. The smallest absolute Gasteiger partial charge is 0.333 e. The summed E-state index contributed by atoms with van der Waals surface area (Å²) >= 11 is 0. The molecule has 0 amide bonds. The van der Waals surface area contributed by atoms with Crippen LogP contribution in [0.4, 0.5) is 0 Å². The number of aromatic nitrogens is 6. The van der Waals surface area contributed by atoms with Gasteiger partial charge in [0.2, 0.25) is 0 Å². The molecule has 4 aromatic heterocycles. The van der Waals surface area contributed by atoms with Crippen LogP contribution in [0.25, 0.3) is 38.8 Å². The Bertz CT molecular complexity index is 1590. The summed E-state index contributed by atoms with van der Waals surface area (Å²) in [5.74, 6) is 0. The molecule has 0 spiro atoms. The molecule has 5 aromatic rings. The molecule has 0 aliphatic carbocycles. The Kier molecular flexibility index (Phi) is 4.72. The molecule has 1 aromatic carbocycles. The van der Waals surface area contributed by atoms with Gasteiger partial charge in [-0.05, 0) is 36.2 Å². The molecule has 1 N–H and O–H groups in total. The van der Waals surface area contributed by atoms with Gasteiger partial charge in [-0.15, -0.1) is 0 Å². The van der Waals surface area contributed by atoms with Crippen LogP contribution in [0.5, 0.6) is 0 Å². The van der Waals surface area contributed by atoms with Crippen LogP contribution in [0.15, 0.2) is 53.8 Å². The van der Waals surface area contributed by atoms with Crippen molar-refractivity contribution in [1.29, 1.82) is 0 Å². The lowest BCUT2D eigenvalue weighted by Crippen LogP contribution is -2.22. The number of nitrogens with zero attached hydrogens (tertiary/aromatic N) is 6. The van der Waals surface area contributed by atoms with E-state index in [2.05, 4.69) is 27.2 Å². The van der Waals surface area contributed by atoms with Gasteiger partial charge in [-0.2, -0.15) is 5.10 Å². The summed E-state index contributed by atoms with van der Waals surface area (Å²) in [6, 6.07) is 8.08. The Morgan fingerprint density at radius 1 is 1.06 bits per heavy atom. The van der Waals surface area contributed by atoms with E-state index in [0.717, 1.165) is 50.0 Å². The van der Waals surface area contributed by atoms with E-state index in [1.54, 1.807) is 33.3 Å². The fourth-order valence-corrected chi connectivity index (χ4v) is 4.27. The maximum Gasteiger partial charge on any atom is 0.333 e. The van der Waals surface area contributed by atoms with E-state index < -0.39 is 5.41 Å². The van der Waals surface area contributed by atoms with Crippen LogP contribution in [-0.4, -0.2) is 40.6 Å². The molecule has 0 unspecified atom stereocenters. The van der Waals surface area contributed by atoms with Gasteiger partial charge in [0.05, 0.1) is 40.7 Å². The minimum absolute atomic E-state index is 0.0289. The Balaban J connectivity index is 1.81. The normalized spacial score (nSPS) is 12.2. The van der Waals surface area contributed by atoms with E-state index in [9.17, 15) is 9.90 Å². The van der Waals surface area contributed by atoms with E-state index in [-0.39, 0.29) is 12.3 Å². The molecule has 0 aliphatic rings. The van der Waals surface area contributed by atoms with Crippen molar-refractivity contribution in [2.75, 3.05) is 6.61 Å². The summed E-state index contributed by atoms with van der Waals surface area (Å²) in [4.78, 5) is 22.3. The maximum absolute atomic E-state index is 13.3. The Hall–Kier alpha value is -3.78. The van der Waals surface area contributed by atoms with Crippen LogP contribution in [0, 0.1) is 6.92 Å². The molecule has 0 atom stereocenters. The van der Waals surface area contributed by atoms with Crippen molar-refractivity contribution in [2.24, 2.45) is 14.1 Å². The largest absolute Gasteiger partial charge is 0.395 e. The predicted molar refractivity (Wildman–Crippen MR) is 129 cm³/mol. The molecule has 8 nitrogen and oxygen atoms in total. The summed E-state index contributed by atoms with van der Waals surface area (Å²) in [5, 5.41) is 15.1. The Morgan fingerprint density at radius 2 is 1.85 bits per heavy atom. The average Bonchev–Trinajstić information content (AvgIpc) is 3.28. The minimum atomic E-state index is -0.396. The minimum Gasteiger partial charge on any atom is -0.395 e. The van der Waals surface area contributed by atoms with E-state index >= 15 is 0 Å². The van der Waals surface area contributed by atoms with E-state index in [0.29, 0.717) is 0 Å². The molecular formula is C25H26N6O2. The fraction of sp³-hybridized carbons (Fsp3) is 0.280. The second-order valence-electron chi connectivity index (χ2n) is 9.18. The first kappa shape index (κ1) is 21.1. The van der Waals surface area contributed by atoms with Gasteiger partial charge in [0, 0.05) is 49.1 Å². The van der Waals surface area contributed by atoms with Crippen molar-refractivity contribution >= 4 is 21.9 Å². The monoisotopic (exact) mass is 442 g/mol. The van der Waals surface area contributed by atoms with Gasteiger partial charge >= 0.3 is 5.69 Å². The molecular weight excluding hydrogens is 416 g/mol. The van der Waals surface area contributed by atoms with Crippen LogP contribution in [0.1, 0.15) is 25.1 Å². The van der Waals surface area contributed by atoms with Crippen LogP contribution in [0.3, 0.4) is 0 Å². The second kappa shape index (κ2) is 7.38. The van der Waals surface area contributed by atoms with Crippen molar-refractivity contribution in [2.45, 2.75) is 26.2 Å². The molecule has 4 heterocycles. The fourth-order valence-electron chi connectivity index (χ4n) is 4.27. The quantitative estimate of drug-likeness (QED) is 0.461. The van der Waals surface area contributed by atoms with Gasteiger partial charge in [0.15, 0.2) is 0 Å². The number of aliphatic hydroxyl groups is 1. The van der Waals surface area contributed by atoms with Crippen LogP contribution in [-0.2, 0) is 19.5 Å². The van der Waals surface area contributed by atoms with Gasteiger partial charge in [0.25, 0.3) is 0 Å². The molecule has 0 radical (unpaired) electrons. The highest BCUT2D eigenvalue weighted by molar-refractivity contribution is 6.04. The molecule has 0 aliphatic heterocycles. The number of hydrogen-bond acceptors (Lipinski definition) is 5. The number of benzene rings is 1. The molecule has 5 rings (SSSR count). The lowest BCUT2D eigenvalue weighted by Gasteiger charge is -2.22. The van der Waals surface area contributed by atoms with Gasteiger partial charge in [-0.1, -0.05) is 19.9 Å². The van der Waals surface area contributed by atoms with Gasteiger partial charge in [-0.25, -0.2) is 4.79 Å². The number of aryl methyl sites for hydroxylation is 3. The molecule has 33 heavy (non-hydrogen) atoms. The number of fused-ring (bicyclic) bond motifs is 3. The zero-order valence-corrected chi connectivity index (χ0v) is 19.4. The second-order valence-corrected chi connectivity index (χ2v) is 9.18. The zero-order chi connectivity index (χ0) is 23.5. The molecule has 0 saturated carbocycles. The van der Waals surface area contributed by atoms with Crippen molar-refractivity contribution in [3.63, 3.8) is 0 Å². The standard InChI is InChI=1S/C25H26N6O2/c1-15-22(13-29(4)28-15)31-23-19-9-16(17-8-18(11-26-10-17)25(2,3)14-32)6-7-20(19)27-12-21(23)30(5)24(31)33/h6-13,32H,14H2,1-5H3. The summed E-state index contributed by atoms with van der Waals surface area (Å²) in [5.41, 5.74) is 6.19. The van der Waals surface area contributed by atoms with Crippen molar-refractivity contribution in [1.82, 2.24) is 28.9 Å². The lowest BCUT2D eigenvalue weighted by molar-refractivity contribution is 0.218. The number of rotatable bonds is 4. The van der Waals surface area contributed by atoms with Crippen LogP contribution in [0.2, 0.25) is 0 Å². The summed E-state index contributed by atoms with van der Waals surface area (Å²) in [6.45, 7) is 5.90. The third-order valence-electron chi connectivity index (χ3n) is 6.36. The summed E-state index contributed by atoms with van der Waals surface area (Å²) < 4.78 is 5.05. The van der Waals surface area contributed by atoms with Gasteiger partial charge in [0.1, 0.15) is 0 Å². The molecule has 0 saturated heterocycles. The topological polar surface area (TPSA) is 90.8 Å². The van der Waals surface area contributed by atoms with E-state index in [4.69, 9.17) is 0 Å². The summed E-state index contributed by atoms with van der Waals surface area (Å²) in [6.07, 6.45) is 7.21. The molecule has 8 heteroatoms. The van der Waals surface area contributed by atoms with Crippen molar-refractivity contribution in [3.05, 3.63) is 70.8 Å². The van der Waals surface area contributed by atoms with Gasteiger partial charge in [-0.3, -0.25) is 23.8 Å². The first-order valence-corrected chi connectivity index (χ1v) is 10.8. The molecule has 168 valence electrons. The van der Waals surface area contributed by atoms with Crippen molar-refractivity contribution < 1.29 is 5.11 Å². The van der Waals surface area contributed by atoms with E-state index in [1.165, 1.54) is 0 Å². The highest BCUT2D eigenvalue weighted by Gasteiger charge is 2.21. The highest BCUT2D eigenvalue weighted by Crippen LogP contribution is 2.31. The SMILES string of the molecule is Cc1nn(C)cc1-n1c(=O)n(C)c2cnc3ccc(-c4cncc(C(C)(C)CO)c4)cc3c21. The maximum atomic E-state index is 13.3. The van der Waals surface area contributed by atoms with E-state index in [1.807, 2.05) is 52.3 Å². The first-order valence-electron chi connectivity index (χ1n) is 10.8. The Labute approximate surface area is 190 Å². The molecule has 0 bridgehead atoms. The Morgan fingerprint density at radius 3 is 2.55 bits per heavy atom. The molecule has 0 fully saturated rings. The zero-order valence-electron chi connectivity index (χ0n) is 19.4. The number of pyridine rings is 2. The third kappa shape index (κ3) is 3.25. The average molecular weight is 443 g/mol. The van der Waals surface area contributed by atoms with Crippen molar-refractivity contribution in [3.8, 4) is 16.8 Å². The predicted octanol–water partition coefficient (Wildman–Crippen LogP) is 3.25. The first-order chi connectivity index (χ1) is 15.7. The van der Waals surface area contributed by atoms with Crippen LogP contribution < -0.4 is 5.69 Å². The highest BCUT2D eigenvalue weighted by atomic mass is 16.3. The number of aliphatic hydroxyl groups excluding tert-OH is 1. The third-order valence-corrected chi connectivity index (χ3v) is 6.36. The lowest BCUT2D eigenvalue weighted by atomic mass is 9.85.